The molecule has 2 rings (SSSR count). The van der Waals surface area contributed by atoms with Crippen molar-refractivity contribution in [2.75, 3.05) is 40.4 Å². The van der Waals surface area contributed by atoms with Crippen LogP contribution in [0.2, 0.25) is 0 Å². The first-order valence-corrected chi connectivity index (χ1v) is 9.76. The van der Waals surface area contributed by atoms with E-state index in [0.717, 1.165) is 36.7 Å². The number of aryl methyl sites for hydroxylation is 1. The maximum Gasteiger partial charge on any atom is 0.161 e. The first kappa shape index (κ1) is 22.2. The highest BCUT2D eigenvalue weighted by atomic mass is 16.5. The van der Waals surface area contributed by atoms with Gasteiger partial charge in [0.2, 0.25) is 0 Å². The molecule has 0 radical (unpaired) electrons. The third-order valence-corrected chi connectivity index (χ3v) is 4.58. The number of aromatic nitrogens is 1. The molecule has 1 heterocycles. The summed E-state index contributed by atoms with van der Waals surface area (Å²) >= 11 is 0. The van der Waals surface area contributed by atoms with Gasteiger partial charge in [-0.1, -0.05) is 25.1 Å². The van der Waals surface area contributed by atoms with E-state index in [1.807, 2.05) is 38.2 Å². The Labute approximate surface area is 167 Å². The molecule has 0 amide bonds. The quantitative estimate of drug-likeness (QED) is 0.596. The largest absolute Gasteiger partial charge is 0.493 e. The van der Waals surface area contributed by atoms with Crippen LogP contribution < -0.4 is 9.47 Å². The maximum atomic E-state index is 10.2. The van der Waals surface area contributed by atoms with Crippen molar-refractivity contribution in [1.82, 2.24) is 15.0 Å². The van der Waals surface area contributed by atoms with Crippen LogP contribution in [0.3, 0.4) is 0 Å². The number of nitrogens with zero attached hydrogens (tertiary/aromatic N) is 3. The van der Waals surface area contributed by atoms with Gasteiger partial charge in [-0.05, 0) is 44.8 Å². The minimum atomic E-state index is -0.541. The molecule has 1 N–H and O–H groups in total. The Morgan fingerprint density at radius 1 is 1.14 bits per heavy atom. The van der Waals surface area contributed by atoms with E-state index in [9.17, 15) is 5.11 Å². The summed E-state index contributed by atoms with van der Waals surface area (Å²) in [6.45, 7) is 10.1. The number of aliphatic hydroxyl groups is 1. The second-order valence-corrected chi connectivity index (χ2v) is 7.04. The molecule has 0 spiro atoms. The fraction of sp³-hybridized carbons (Fsp3) is 0.571. The standard InChI is InChI=1S/C21H33N3O4/c1-6-24(7-2)13-18(25)15-27-20-9-8-17(11-21(20)26-5)12-23(4)14-19-10-16(3)22-28-19/h8-11,18,25H,6-7,12-15H2,1-5H3/t18-/m1/s1. The highest BCUT2D eigenvalue weighted by molar-refractivity contribution is 5.43. The van der Waals surface area contributed by atoms with Crippen LogP contribution in [0.25, 0.3) is 0 Å². The van der Waals surface area contributed by atoms with Gasteiger partial charge < -0.3 is 24.0 Å². The zero-order valence-corrected chi connectivity index (χ0v) is 17.6. The first-order valence-electron chi connectivity index (χ1n) is 9.76. The molecular weight excluding hydrogens is 358 g/mol. The van der Waals surface area contributed by atoms with Crippen molar-refractivity contribution in [2.24, 2.45) is 0 Å². The van der Waals surface area contributed by atoms with Crippen LogP contribution >= 0.6 is 0 Å². The third kappa shape index (κ3) is 6.82. The Kier molecular flexibility index (Phi) is 8.76. The van der Waals surface area contributed by atoms with Gasteiger partial charge >= 0.3 is 0 Å². The molecule has 0 saturated heterocycles. The number of aliphatic hydroxyl groups excluding tert-OH is 1. The van der Waals surface area contributed by atoms with Gasteiger partial charge in [0.05, 0.1) is 19.3 Å². The molecule has 0 unspecified atom stereocenters. The van der Waals surface area contributed by atoms with E-state index < -0.39 is 6.10 Å². The molecule has 1 atom stereocenters. The molecule has 7 nitrogen and oxygen atoms in total. The number of likely N-dealkylation sites (N-methyl/N-ethyl adjacent to an activating group) is 1. The lowest BCUT2D eigenvalue weighted by molar-refractivity contribution is 0.0705. The summed E-state index contributed by atoms with van der Waals surface area (Å²) in [4.78, 5) is 4.31. The summed E-state index contributed by atoms with van der Waals surface area (Å²) in [5.74, 6) is 2.14. The SMILES string of the molecule is CCN(CC)C[C@@H](O)COc1ccc(CN(C)Cc2cc(C)no2)cc1OC. The van der Waals surface area contributed by atoms with Crippen molar-refractivity contribution in [3.63, 3.8) is 0 Å². The van der Waals surface area contributed by atoms with Gasteiger partial charge in [0.25, 0.3) is 0 Å². The monoisotopic (exact) mass is 391 g/mol. The molecule has 2 aromatic rings. The second-order valence-electron chi connectivity index (χ2n) is 7.04. The van der Waals surface area contributed by atoms with Gasteiger partial charge in [0, 0.05) is 19.2 Å². The summed E-state index contributed by atoms with van der Waals surface area (Å²) in [5.41, 5.74) is 1.99. The van der Waals surface area contributed by atoms with Gasteiger partial charge in [-0.25, -0.2) is 0 Å². The van der Waals surface area contributed by atoms with Crippen LogP contribution in [-0.2, 0) is 13.1 Å². The van der Waals surface area contributed by atoms with Crippen molar-refractivity contribution in [3.8, 4) is 11.5 Å². The van der Waals surface area contributed by atoms with Crippen LogP contribution in [0.4, 0.5) is 0 Å². The first-order chi connectivity index (χ1) is 13.4. The number of hydrogen-bond donors (Lipinski definition) is 1. The van der Waals surface area contributed by atoms with E-state index in [4.69, 9.17) is 14.0 Å². The van der Waals surface area contributed by atoms with Gasteiger partial charge in [-0.15, -0.1) is 0 Å². The Morgan fingerprint density at radius 3 is 2.50 bits per heavy atom. The number of ether oxygens (including phenoxy) is 2. The molecule has 156 valence electrons. The Bertz CT molecular complexity index is 715. The van der Waals surface area contributed by atoms with Crippen molar-refractivity contribution < 1.29 is 19.1 Å². The molecular formula is C21H33N3O4. The van der Waals surface area contributed by atoms with Crippen molar-refractivity contribution in [2.45, 2.75) is 40.0 Å². The number of hydrogen-bond acceptors (Lipinski definition) is 7. The van der Waals surface area contributed by atoms with Gasteiger partial charge in [-0.3, -0.25) is 4.90 Å². The van der Waals surface area contributed by atoms with Crippen LogP contribution in [0, 0.1) is 6.92 Å². The minimum Gasteiger partial charge on any atom is -0.493 e. The van der Waals surface area contributed by atoms with Gasteiger partial charge in [0.15, 0.2) is 17.3 Å². The summed E-state index contributed by atoms with van der Waals surface area (Å²) in [5, 5.41) is 14.1. The van der Waals surface area contributed by atoms with E-state index in [0.29, 0.717) is 24.6 Å². The maximum absolute atomic E-state index is 10.2. The zero-order valence-electron chi connectivity index (χ0n) is 17.6. The summed E-state index contributed by atoms with van der Waals surface area (Å²) < 4.78 is 16.6. The molecule has 0 saturated carbocycles. The molecule has 7 heteroatoms. The molecule has 0 aliphatic carbocycles. The predicted molar refractivity (Wildman–Crippen MR) is 109 cm³/mol. The van der Waals surface area contributed by atoms with Crippen LogP contribution in [0.1, 0.15) is 30.9 Å². The average molecular weight is 392 g/mol. The molecule has 0 bridgehead atoms. The van der Waals surface area contributed by atoms with Crippen LogP contribution in [0.15, 0.2) is 28.8 Å². The topological polar surface area (TPSA) is 71.2 Å². The summed E-state index contributed by atoms with van der Waals surface area (Å²) in [7, 11) is 3.65. The van der Waals surface area contributed by atoms with Gasteiger partial charge in [0.1, 0.15) is 12.7 Å². The molecule has 0 fully saturated rings. The Morgan fingerprint density at radius 2 is 1.89 bits per heavy atom. The zero-order chi connectivity index (χ0) is 20.5. The van der Waals surface area contributed by atoms with Crippen molar-refractivity contribution in [1.29, 1.82) is 0 Å². The lowest BCUT2D eigenvalue weighted by Gasteiger charge is -2.22. The normalized spacial score (nSPS) is 12.6. The smallest absolute Gasteiger partial charge is 0.161 e. The highest BCUT2D eigenvalue weighted by Crippen LogP contribution is 2.28. The Balaban J connectivity index is 1.91. The molecule has 1 aromatic heterocycles. The second kappa shape index (κ2) is 11.0. The number of methoxy groups -OCH3 is 1. The van der Waals surface area contributed by atoms with E-state index in [-0.39, 0.29) is 6.61 Å². The van der Waals surface area contributed by atoms with Gasteiger partial charge in [-0.2, -0.15) is 0 Å². The summed E-state index contributed by atoms with van der Waals surface area (Å²) in [6.07, 6.45) is -0.541. The molecule has 0 aliphatic rings. The fourth-order valence-corrected chi connectivity index (χ4v) is 3.07. The van der Waals surface area contributed by atoms with Crippen LogP contribution in [0.5, 0.6) is 11.5 Å². The average Bonchev–Trinajstić information content (AvgIpc) is 3.09. The molecule has 28 heavy (non-hydrogen) atoms. The molecule has 0 aliphatic heterocycles. The predicted octanol–water partition coefficient (Wildman–Crippen LogP) is 2.71. The van der Waals surface area contributed by atoms with E-state index >= 15 is 0 Å². The molecule has 1 aromatic carbocycles. The van der Waals surface area contributed by atoms with Crippen LogP contribution in [-0.4, -0.2) is 66.6 Å². The van der Waals surface area contributed by atoms with E-state index in [1.54, 1.807) is 7.11 Å². The minimum absolute atomic E-state index is 0.233. The fourth-order valence-electron chi connectivity index (χ4n) is 3.07. The third-order valence-electron chi connectivity index (χ3n) is 4.58. The lowest BCUT2D eigenvalue weighted by Crippen LogP contribution is -2.35. The van der Waals surface area contributed by atoms with E-state index in [1.165, 1.54) is 0 Å². The summed E-state index contributed by atoms with van der Waals surface area (Å²) in [6, 6.07) is 7.81. The highest BCUT2D eigenvalue weighted by Gasteiger charge is 2.13. The van der Waals surface area contributed by atoms with Crippen molar-refractivity contribution in [3.05, 3.63) is 41.3 Å². The lowest BCUT2D eigenvalue weighted by atomic mass is 10.2. The van der Waals surface area contributed by atoms with Crippen molar-refractivity contribution >= 4 is 0 Å². The van der Waals surface area contributed by atoms with E-state index in [2.05, 4.69) is 28.8 Å². The number of benzene rings is 1. The Hall–Kier alpha value is -2.09. The number of rotatable bonds is 12.